The molecule has 1 saturated carbocycles. The quantitative estimate of drug-likeness (QED) is 0.844. The van der Waals surface area contributed by atoms with E-state index in [2.05, 4.69) is 45.1 Å². The van der Waals surface area contributed by atoms with Gasteiger partial charge in [0.1, 0.15) is 5.78 Å². The van der Waals surface area contributed by atoms with Crippen molar-refractivity contribution in [3.8, 4) is 0 Å². The van der Waals surface area contributed by atoms with E-state index < -0.39 is 0 Å². The van der Waals surface area contributed by atoms with Crippen LogP contribution in [0, 0.1) is 5.92 Å². The van der Waals surface area contributed by atoms with Gasteiger partial charge in [0.25, 0.3) is 0 Å². The van der Waals surface area contributed by atoms with Crippen molar-refractivity contribution in [1.29, 1.82) is 0 Å². The Bertz CT molecular complexity index is 474. The molecule has 1 aromatic carbocycles. The topological polar surface area (TPSA) is 20.3 Å². The van der Waals surface area contributed by atoms with E-state index in [9.17, 15) is 4.79 Å². The molecule has 1 heterocycles. The standard InChI is InChI=1S/C16H20BrNO/c17-13-5-1-4-12(10-13)11-18-9-3-7-15(18)14-6-2-8-16(14)19/h1,4-5,10,14-15H,2-3,6-9,11H2. The Kier molecular flexibility index (Phi) is 4.04. The highest BCUT2D eigenvalue weighted by molar-refractivity contribution is 9.10. The monoisotopic (exact) mass is 321 g/mol. The van der Waals surface area contributed by atoms with Crippen LogP contribution in [-0.4, -0.2) is 23.3 Å². The molecule has 1 aliphatic heterocycles. The van der Waals surface area contributed by atoms with Crippen molar-refractivity contribution in [1.82, 2.24) is 4.90 Å². The zero-order chi connectivity index (χ0) is 13.2. The zero-order valence-electron chi connectivity index (χ0n) is 11.1. The lowest BCUT2D eigenvalue weighted by atomic mass is 9.95. The van der Waals surface area contributed by atoms with Gasteiger partial charge in [0.15, 0.2) is 0 Å². The van der Waals surface area contributed by atoms with Crippen LogP contribution in [0.25, 0.3) is 0 Å². The fourth-order valence-corrected chi connectivity index (χ4v) is 4.07. The Morgan fingerprint density at radius 2 is 2.16 bits per heavy atom. The van der Waals surface area contributed by atoms with Gasteiger partial charge in [-0.15, -0.1) is 0 Å². The fourth-order valence-electron chi connectivity index (χ4n) is 3.62. The van der Waals surface area contributed by atoms with Crippen LogP contribution in [0.4, 0.5) is 0 Å². The van der Waals surface area contributed by atoms with Gasteiger partial charge in [-0.3, -0.25) is 9.69 Å². The van der Waals surface area contributed by atoms with Crippen LogP contribution in [0.3, 0.4) is 0 Å². The Morgan fingerprint density at radius 3 is 2.89 bits per heavy atom. The van der Waals surface area contributed by atoms with E-state index in [-0.39, 0.29) is 0 Å². The number of benzene rings is 1. The van der Waals surface area contributed by atoms with Crippen molar-refractivity contribution in [3.63, 3.8) is 0 Å². The summed E-state index contributed by atoms with van der Waals surface area (Å²) < 4.78 is 1.14. The Labute approximate surface area is 123 Å². The van der Waals surface area contributed by atoms with Crippen LogP contribution in [-0.2, 0) is 11.3 Å². The van der Waals surface area contributed by atoms with Crippen molar-refractivity contribution in [2.24, 2.45) is 5.92 Å². The summed E-state index contributed by atoms with van der Waals surface area (Å²) in [6, 6.07) is 9.01. The maximum absolute atomic E-state index is 12.0. The predicted molar refractivity (Wildman–Crippen MR) is 79.9 cm³/mol. The van der Waals surface area contributed by atoms with Crippen LogP contribution < -0.4 is 0 Å². The number of hydrogen-bond acceptors (Lipinski definition) is 2. The average molecular weight is 322 g/mol. The van der Waals surface area contributed by atoms with Crippen molar-refractivity contribution in [2.45, 2.75) is 44.7 Å². The summed E-state index contributed by atoms with van der Waals surface area (Å²) in [5.74, 6) is 0.820. The number of carbonyl (C=O) groups excluding carboxylic acids is 1. The molecular formula is C16H20BrNO. The van der Waals surface area contributed by atoms with Crippen molar-refractivity contribution in [2.75, 3.05) is 6.54 Å². The van der Waals surface area contributed by atoms with E-state index in [0.29, 0.717) is 17.7 Å². The second-order valence-corrected chi connectivity index (χ2v) is 6.69. The Morgan fingerprint density at radius 1 is 1.26 bits per heavy atom. The first-order chi connectivity index (χ1) is 9.24. The molecule has 0 bridgehead atoms. The van der Waals surface area contributed by atoms with Crippen LogP contribution >= 0.6 is 15.9 Å². The second kappa shape index (κ2) is 5.76. The van der Waals surface area contributed by atoms with E-state index in [0.717, 1.165) is 36.8 Å². The fraction of sp³-hybridized carbons (Fsp3) is 0.562. The summed E-state index contributed by atoms with van der Waals surface area (Å²) >= 11 is 3.53. The second-order valence-electron chi connectivity index (χ2n) is 5.78. The van der Waals surface area contributed by atoms with Crippen LogP contribution in [0.5, 0.6) is 0 Å². The number of likely N-dealkylation sites (tertiary alicyclic amines) is 1. The summed E-state index contributed by atoms with van der Waals surface area (Å²) in [7, 11) is 0. The largest absolute Gasteiger partial charge is 0.299 e. The molecule has 19 heavy (non-hydrogen) atoms. The first-order valence-corrected chi connectivity index (χ1v) is 8.04. The van der Waals surface area contributed by atoms with Gasteiger partial charge in [0.2, 0.25) is 0 Å². The SMILES string of the molecule is O=C1CCCC1C1CCCN1Cc1cccc(Br)c1. The van der Waals surface area contributed by atoms with Gasteiger partial charge in [0.05, 0.1) is 0 Å². The molecule has 3 rings (SSSR count). The molecule has 0 aromatic heterocycles. The zero-order valence-corrected chi connectivity index (χ0v) is 12.7. The molecule has 0 N–H and O–H groups in total. The van der Waals surface area contributed by atoms with Gasteiger partial charge < -0.3 is 0 Å². The number of nitrogens with zero attached hydrogens (tertiary/aromatic N) is 1. The molecule has 2 atom stereocenters. The van der Waals surface area contributed by atoms with Crippen molar-refractivity contribution >= 4 is 21.7 Å². The number of halogens is 1. The number of hydrogen-bond donors (Lipinski definition) is 0. The van der Waals surface area contributed by atoms with Crippen LogP contribution in [0.2, 0.25) is 0 Å². The summed E-state index contributed by atoms with van der Waals surface area (Å²) in [4.78, 5) is 14.5. The van der Waals surface area contributed by atoms with Gasteiger partial charge in [-0.1, -0.05) is 28.1 Å². The minimum Gasteiger partial charge on any atom is -0.299 e. The van der Waals surface area contributed by atoms with E-state index in [1.165, 1.54) is 18.4 Å². The van der Waals surface area contributed by atoms with Gasteiger partial charge in [-0.25, -0.2) is 0 Å². The molecule has 1 aliphatic carbocycles. The number of ketones is 1. The first-order valence-electron chi connectivity index (χ1n) is 7.25. The van der Waals surface area contributed by atoms with Crippen LogP contribution in [0.15, 0.2) is 28.7 Å². The molecule has 2 aliphatic rings. The maximum Gasteiger partial charge on any atom is 0.137 e. The highest BCUT2D eigenvalue weighted by atomic mass is 79.9. The minimum atomic E-state index is 0.314. The number of rotatable bonds is 3. The summed E-state index contributed by atoms with van der Waals surface area (Å²) in [5.41, 5.74) is 1.34. The molecule has 1 saturated heterocycles. The highest BCUT2D eigenvalue weighted by Gasteiger charge is 2.37. The first kappa shape index (κ1) is 13.3. The minimum absolute atomic E-state index is 0.314. The normalized spacial score (nSPS) is 28.2. The number of Topliss-reactive ketones (excluding diaryl/α,β-unsaturated/α-hetero) is 1. The lowest BCUT2D eigenvalue weighted by Crippen LogP contribution is -2.36. The molecule has 0 spiro atoms. The molecule has 0 radical (unpaired) electrons. The van der Waals surface area contributed by atoms with E-state index in [1.807, 2.05) is 0 Å². The predicted octanol–water partition coefficient (Wildman–Crippen LogP) is 3.78. The molecule has 2 unspecified atom stereocenters. The van der Waals surface area contributed by atoms with Crippen molar-refractivity contribution < 1.29 is 4.79 Å². The maximum atomic E-state index is 12.0. The summed E-state index contributed by atoms with van der Waals surface area (Å²) in [6.07, 6.45) is 5.46. The molecule has 102 valence electrons. The lowest BCUT2D eigenvalue weighted by molar-refractivity contribution is -0.122. The van der Waals surface area contributed by atoms with Gasteiger partial charge in [-0.2, -0.15) is 0 Å². The highest BCUT2D eigenvalue weighted by Crippen LogP contribution is 2.34. The van der Waals surface area contributed by atoms with Gasteiger partial charge >= 0.3 is 0 Å². The number of carbonyl (C=O) groups is 1. The molecule has 0 amide bonds. The molecule has 2 nitrogen and oxygen atoms in total. The van der Waals surface area contributed by atoms with E-state index in [4.69, 9.17) is 0 Å². The molecular weight excluding hydrogens is 302 g/mol. The van der Waals surface area contributed by atoms with E-state index >= 15 is 0 Å². The third-order valence-electron chi connectivity index (χ3n) is 4.51. The molecule has 1 aromatic rings. The Hall–Kier alpha value is -0.670. The van der Waals surface area contributed by atoms with Crippen molar-refractivity contribution in [3.05, 3.63) is 34.3 Å². The summed E-state index contributed by atoms with van der Waals surface area (Å²) in [5, 5.41) is 0. The molecule has 3 heteroatoms. The van der Waals surface area contributed by atoms with Gasteiger partial charge in [-0.05, 0) is 49.9 Å². The molecule has 2 fully saturated rings. The van der Waals surface area contributed by atoms with Crippen LogP contribution in [0.1, 0.15) is 37.7 Å². The third-order valence-corrected chi connectivity index (χ3v) is 5.00. The summed E-state index contributed by atoms with van der Waals surface area (Å²) in [6.45, 7) is 2.12. The third kappa shape index (κ3) is 2.92. The smallest absolute Gasteiger partial charge is 0.137 e. The lowest BCUT2D eigenvalue weighted by Gasteiger charge is -2.28. The average Bonchev–Trinajstić information content (AvgIpc) is 2.98. The van der Waals surface area contributed by atoms with E-state index in [1.54, 1.807) is 0 Å². The Balaban J connectivity index is 1.71. The van der Waals surface area contributed by atoms with Gasteiger partial charge in [0, 0.05) is 29.4 Å².